The summed E-state index contributed by atoms with van der Waals surface area (Å²) in [6, 6.07) is 0. The Morgan fingerprint density at radius 1 is 1.22 bits per heavy atom. The molecule has 0 saturated heterocycles. The van der Waals surface area contributed by atoms with Crippen molar-refractivity contribution in [3.63, 3.8) is 0 Å². The van der Waals surface area contributed by atoms with Crippen LogP contribution in [0, 0.1) is 5.92 Å². The first-order valence-electron chi connectivity index (χ1n) is 6.40. The van der Waals surface area contributed by atoms with Crippen LogP contribution in [0.1, 0.15) is 39.0 Å². The smallest absolute Gasteiger partial charge is 0.314 e. The summed E-state index contributed by atoms with van der Waals surface area (Å²) in [6.45, 7) is 2.05. The molecule has 0 aromatic rings. The molecule has 5 heteroatoms. The fourth-order valence-electron chi connectivity index (χ4n) is 1.60. The van der Waals surface area contributed by atoms with Gasteiger partial charge in [-0.15, -0.1) is 0 Å². The molecule has 0 aliphatic carbocycles. The van der Waals surface area contributed by atoms with Crippen molar-refractivity contribution in [2.24, 2.45) is 5.92 Å². The largest absolute Gasteiger partial charge is 0.481 e. The molecule has 18 heavy (non-hydrogen) atoms. The zero-order valence-corrected chi connectivity index (χ0v) is 12.5. The average Bonchev–Trinajstić information content (AvgIpc) is 2.23. The van der Waals surface area contributed by atoms with Gasteiger partial charge in [0, 0.05) is 12.8 Å². The summed E-state index contributed by atoms with van der Waals surface area (Å²) in [5.41, 5.74) is -0.374. The van der Waals surface area contributed by atoms with Gasteiger partial charge in [-0.2, -0.15) is 0 Å². The standard InChI is InChI=1S/C13H24ClNO3/c1-5-6-7-8-11(16)10(13(17)18)9-12(14)15(2,3)4/h10,12H,5-9H2,1-4H3/p+1. The average molecular weight is 279 g/mol. The second-order valence-electron chi connectivity index (χ2n) is 5.60. The van der Waals surface area contributed by atoms with Crippen molar-refractivity contribution in [2.45, 2.75) is 44.5 Å². The van der Waals surface area contributed by atoms with Crippen LogP contribution in [0.2, 0.25) is 0 Å². The normalized spacial score (nSPS) is 15.2. The number of halogens is 1. The molecule has 0 aliphatic heterocycles. The first-order chi connectivity index (χ1) is 8.20. The molecule has 2 unspecified atom stereocenters. The topological polar surface area (TPSA) is 54.4 Å². The Morgan fingerprint density at radius 2 is 1.78 bits per heavy atom. The third-order valence-electron chi connectivity index (χ3n) is 2.98. The number of carbonyl (C=O) groups excluding carboxylic acids is 1. The van der Waals surface area contributed by atoms with E-state index in [1.807, 2.05) is 28.1 Å². The van der Waals surface area contributed by atoms with Crippen molar-refractivity contribution in [3.8, 4) is 0 Å². The zero-order valence-electron chi connectivity index (χ0n) is 11.8. The van der Waals surface area contributed by atoms with E-state index in [0.29, 0.717) is 10.9 Å². The molecule has 0 amide bonds. The van der Waals surface area contributed by atoms with Gasteiger partial charge in [0.15, 0.2) is 5.50 Å². The minimum Gasteiger partial charge on any atom is -0.481 e. The lowest BCUT2D eigenvalue weighted by molar-refractivity contribution is -0.883. The molecule has 0 radical (unpaired) electrons. The highest BCUT2D eigenvalue weighted by atomic mass is 35.5. The molecule has 0 rings (SSSR count). The van der Waals surface area contributed by atoms with E-state index in [1.165, 1.54) is 0 Å². The van der Waals surface area contributed by atoms with Crippen molar-refractivity contribution in [3.05, 3.63) is 0 Å². The van der Waals surface area contributed by atoms with E-state index in [-0.39, 0.29) is 17.7 Å². The third-order valence-corrected chi connectivity index (χ3v) is 3.75. The Labute approximate surface area is 115 Å². The van der Waals surface area contributed by atoms with Crippen LogP contribution in [-0.4, -0.2) is 48.0 Å². The van der Waals surface area contributed by atoms with E-state index in [1.54, 1.807) is 0 Å². The van der Waals surface area contributed by atoms with Gasteiger partial charge in [0.1, 0.15) is 11.7 Å². The summed E-state index contributed by atoms with van der Waals surface area (Å²) in [7, 11) is 5.66. The molecule has 0 aromatic carbocycles. The number of carbonyl (C=O) groups is 2. The van der Waals surface area contributed by atoms with Crippen LogP contribution >= 0.6 is 11.6 Å². The molecule has 0 aromatic heterocycles. The number of rotatable bonds is 9. The van der Waals surface area contributed by atoms with Crippen LogP contribution in [0.15, 0.2) is 0 Å². The number of carboxylic acids is 1. The van der Waals surface area contributed by atoms with Gasteiger partial charge in [0.05, 0.1) is 21.1 Å². The summed E-state index contributed by atoms with van der Waals surface area (Å²) in [4.78, 5) is 23.0. The van der Waals surface area contributed by atoms with E-state index in [2.05, 4.69) is 0 Å². The van der Waals surface area contributed by atoms with E-state index in [4.69, 9.17) is 16.7 Å². The number of Topliss-reactive ketones (excluding diaryl/α,β-unsaturated/α-hetero) is 1. The molecule has 0 fully saturated rings. The molecule has 0 saturated carbocycles. The molecule has 0 heterocycles. The maximum atomic E-state index is 11.9. The van der Waals surface area contributed by atoms with Gasteiger partial charge >= 0.3 is 5.97 Å². The number of unbranched alkanes of at least 4 members (excludes halogenated alkanes) is 2. The summed E-state index contributed by atoms with van der Waals surface area (Å²) >= 11 is 6.16. The van der Waals surface area contributed by atoms with Crippen molar-refractivity contribution in [1.82, 2.24) is 0 Å². The quantitative estimate of drug-likeness (QED) is 0.232. The van der Waals surface area contributed by atoms with E-state index >= 15 is 0 Å². The number of ketones is 1. The summed E-state index contributed by atoms with van der Waals surface area (Å²) in [5.74, 6) is -2.23. The highest BCUT2D eigenvalue weighted by Gasteiger charge is 2.33. The highest BCUT2D eigenvalue weighted by molar-refractivity contribution is 6.20. The maximum Gasteiger partial charge on any atom is 0.314 e. The van der Waals surface area contributed by atoms with Crippen LogP contribution in [-0.2, 0) is 9.59 Å². The zero-order chi connectivity index (χ0) is 14.3. The molecular formula is C13H25ClNO3+. The first kappa shape index (κ1) is 17.4. The molecule has 106 valence electrons. The summed E-state index contributed by atoms with van der Waals surface area (Å²) in [6.07, 6.45) is 3.26. The van der Waals surface area contributed by atoms with Crippen molar-refractivity contribution in [2.75, 3.05) is 21.1 Å². The van der Waals surface area contributed by atoms with E-state index in [0.717, 1.165) is 19.3 Å². The number of hydrogen-bond donors (Lipinski definition) is 1. The Kier molecular flexibility index (Phi) is 7.48. The van der Waals surface area contributed by atoms with Crippen LogP contribution in [0.25, 0.3) is 0 Å². The number of hydrogen-bond acceptors (Lipinski definition) is 2. The van der Waals surface area contributed by atoms with Gasteiger partial charge in [0.25, 0.3) is 0 Å². The van der Waals surface area contributed by atoms with Gasteiger partial charge in [-0.05, 0) is 6.42 Å². The Balaban J connectivity index is 4.48. The fraction of sp³-hybridized carbons (Fsp3) is 0.846. The van der Waals surface area contributed by atoms with E-state index < -0.39 is 11.9 Å². The molecule has 0 spiro atoms. The predicted molar refractivity (Wildman–Crippen MR) is 72.6 cm³/mol. The lowest BCUT2D eigenvalue weighted by Crippen LogP contribution is -2.44. The first-order valence-corrected chi connectivity index (χ1v) is 6.84. The minimum atomic E-state index is -1.06. The molecule has 2 atom stereocenters. The van der Waals surface area contributed by atoms with Gasteiger partial charge in [0.2, 0.25) is 0 Å². The Bertz CT molecular complexity index is 286. The van der Waals surface area contributed by atoms with Gasteiger partial charge in [-0.1, -0.05) is 31.4 Å². The van der Waals surface area contributed by atoms with E-state index in [9.17, 15) is 9.59 Å². The highest BCUT2D eigenvalue weighted by Crippen LogP contribution is 2.21. The van der Waals surface area contributed by atoms with Crippen molar-refractivity contribution in [1.29, 1.82) is 0 Å². The molecule has 0 aliphatic rings. The number of alkyl halides is 1. The van der Waals surface area contributed by atoms with Crippen LogP contribution < -0.4 is 0 Å². The van der Waals surface area contributed by atoms with Crippen LogP contribution in [0.5, 0.6) is 0 Å². The van der Waals surface area contributed by atoms with Crippen LogP contribution in [0.4, 0.5) is 0 Å². The maximum absolute atomic E-state index is 11.9. The third kappa shape index (κ3) is 6.36. The lowest BCUT2D eigenvalue weighted by atomic mass is 9.95. The molecule has 0 bridgehead atoms. The Morgan fingerprint density at radius 3 is 2.17 bits per heavy atom. The van der Waals surface area contributed by atoms with Crippen LogP contribution in [0.3, 0.4) is 0 Å². The molecule has 1 N–H and O–H groups in total. The lowest BCUT2D eigenvalue weighted by Gasteiger charge is -2.30. The van der Waals surface area contributed by atoms with Gasteiger partial charge in [-0.3, -0.25) is 9.59 Å². The van der Waals surface area contributed by atoms with Crippen molar-refractivity contribution < 1.29 is 19.2 Å². The number of nitrogens with zero attached hydrogens (tertiary/aromatic N) is 1. The fourth-order valence-corrected chi connectivity index (χ4v) is 1.78. The molecular weight excluding hydrogens is 254 g/mol. The molecule has 4 nitrogen and oxygen atoms in total. The van der Waals surface area contributed by atoms with Gasteiger partial charge in [-0.25, -0.2) is 0 Å². The Hall–Kier alpha value is -0.610. The minimum absolute atomic E-state index is 0.186. The summed E-state index contributed by atoms with van der Waals surface area (Å²) in [5, 5.41) is 9.13. The summed E-state index contributed by atoms with van der Waals surface area (Å²) < 4.78 is 0.438. The van der Waals surface area contributed by atoms with Gasteiger partial charge < -0.3 is 9.59 Å². The SMILES string of the molecule is CCCCCC(=O)C(CC(Cl)[N+](C)(C)C)C(=O)O. The number of carboxylic acid groups (broad SMARTS) is 1. The number of quaternary nitrogens is 1. The predicted octanol–water partition coefficient (Wildman–Crippen LogP) is 2.50. The monoisotopic (exact) mass is 278 g/mol. The van der Waals surface area contributed by atoms with Crippen molar-refractivity contribution >= 4 is 23.4 Å². The number of aliphatic carboxylic acids is 1. The second-order valence-corrected chi connectivity index (χ2v) is 6.10. The second kappa shape index (κ2) is 7.74.